The van der Waals surface area contributed by atoms with Crippen LogP contribution in [0.1, 0.15) is 27.9 Å². The van der Waals surface area contributed by atoms with Crippen LogP contribution < -0.4 is 0 Å². The molecule has 6 heteroatoms. The molecule has 4 rings (SSSR count). The molecule has 138 valence electrons. The number of likely N-dealkylation sites (tertiary alicyclic amines) is 1. The van der Waals surface area contributed by atoms with Crippen LogP contribution in [0.2, 0.25) is 0 Å². The molecule has 1 amide bonds. The Bertz CT molecular complexity index is 955. The number of carbonyl (C=O) groups excluding carboxylic acids is 1. The van der Waals surface area contributed by atoms with Crippen molar-refractivity contribution in [2.45, 2.75) is 19.8 Å². The second-order valence-corrected chi connectivity index (χ2v) is 7.05. The summed E-state index contributed by atoms with van der Waals surface area (Å²) in [5.74, 6) is 0.225. The molecule has 1 unspecified atom stereocenters. The van der Waals surface area contributed by atoms with Gasteiger partial charge in [-0.3, -0.25) is 4.79 Å². The molecule has 3 aromatic rings. The molecule has 5 nitrogen and oxygen atoms in total. The Morgan fingerprint density at radius 1 is 1.26 bits per heavy atom. The highest BCUT2D eigenvalue weighted by Gasteiger charge is 2.28. The van der Waals surface area contributed by atoms with E-state index in [0.717, 1.165) is 30.6 Å². The third kappa shape index (κ3) is 3.60. The summed E-state index contributed by atoms with van der Waals surface area (Å²) in [5, 5.41) is 4.15. The maximum Gasteiger partial charge on any atom is 0.256 e. The number of halogens is 1. The van der Waals surface area contributed by atoms with Crippen molar-refractivity contribution in [2.75, 3.05) is 13.1 Å². The molecular formula is C21H21FN4O. The second-order valence-electron chi connectivity index (χ2n) is 7.05. The van der Waals surface area contributed by atoms with Crippen molar-refractivity contribution >= 4 is 5.91 Å². The zero-order valence-electron chi connectivity index (χ0n) is 15.2. The van der Waals surface area contributed by atoms with Crippen LogP contribution in [0.4, 0.5) is 4.39 Å². The Morgan fingerprint density at radius 2 is 2.11 bits per heavy atom. The largest absolute Gasteiger partial charge is 0.338 e. The molecule has 1 aromatic heterocycles. The second kappa shape index (κ2) is 7.31. The van der Waals surface area contributed by atoms with Gasteiger partial charge in [0.2, 0.25) is 0 Å². The zero-order valence-corrected chi connectivity index (χ0v) is 15.2. The molecule has 0 spiro atoms. The maximum atomic E-state index is 13.5. The SMILES string of the molecule is Cc1cc(CC2CCN(C(=O)c3ccccc3-n3cncn3)C2)ccc1F. The fraction of sp³-hybridized carbons (Fsp3) is 0.286. The third-order valence-electron chi connectivity index (χ3n) is 5.12. The Hall–Kier alpha value is -3.02. The van der Waals surface area contributed by atoms with E-state index in [1.165, 1.54) is 12.4 Å². The number of benzene rings is 2. The van der Waals surface area contributed by atoms with Crippen molar-refractivity contribution in [1.82, 2.24) is 19.7 Å². The Balaban J connectivity index is 1.48. The minimum atomic E-state index is -0.174. The summed E-state index contributed by atoms with van der Waals surface area (Å²) >= 11 is 0. The normalized spacial score (nSPS) is 16.7. The van der Waals surface area contributed by atoms with Crippen LogP contribution in [-0.2, 0) is 6.42 Å². The molecule has 1 aliphatic heterocycles. The van der Waals surface area contributed by atoms with E-state index < -0.39 is 0 Å². The first-order valence-corrected chi connectivity index (χ1v) is 9.10. The number of rotatable bonds is 4. The average Bonchev–Trinajstić information content (AvgIpc) is 3.36. The van der Waals surface area contributed by atoms with Crippen molar-refractivity contribution in [3.63, 3.8) is 0 Å². The number of nitrogens with zero attached hydrogens (tertiary/aromatic N) is 4. The molecule has 1 aliphatic rings. The van der Waals surface area contributed by atoms with Crippen molar-refractivity contribution in [3.8, 4) is 5.69 Å². The van der Waals surface area contributed by atoms with Gasteiger partial charge in [0, 0.05) is 13.1 Å². The van der Waals surface area contributed by atoms with Gasteiger partial charge in [-0.1, -0.05) is 24.3 Å². The zero-order chi connectivity index (χ0) is 18.8. The van der Waals surface area contributed by atoms with E-state index in [1.54, 1.807) is 17.9 Å². The van der Waals surface area contributed by atoms with Crippen molar-refractivity contribution in [3.05, 3.63) is 77.6 Å². The van der Waals surface area contributed by atoms with Gasteiger partial charge in [0.25, 0.3) is 5.91 Å². The number of aromatic nitrogens is 3. The van der Waals surface area contributed by atoms with Crippen LogP contribution in [0.15, 0.2) is 55.1 Å². The van der Waals surface area contributed by atoms with Gasteiger partial charge in [0.15, 0.2) is 0 Å². The molecule has 0 bridgehead atoms. The van der Waals surface area contributed by atoms with Gasteiger partial charge >= 0.3 is 0 Å². The first kappa shape index (κ1) is 17.4. The third-order valence-corrected chi connectivity index (χ3v) is 5.12. The molecule has 1 atom stereocenters. The molecule has 2 aromatic carbocycles. The lowest BCUT2D eigenvalue weighted by Gasteiger charge is -2.18. The van der Waals surface area contributed by atoms with E-state index in [2.05, 4.69) is 10.1 Å². The van der Waals surface area contributed by atoms with Gasteiger partial charge < -0.3 is 4.90 Å². The standard InChI is InChI=1S/C21H21FN4O/c1-15-10-16(6-7-19(15)22)11-17-8-9-25(12-17)21(27)18-4-2-3-5-20(18)26-14-23-13-24-26/h2-7,10,13-14,17H,8-9,11-12H2,1H3. The number of carbonyl (C=O) groups is 1. The number of aryl methyl sites for hydroxylation is 1. The first-order valence-electron chi connectivity index (χ1n) is 9.10. The lowest BCUT2D eigenvalue weighted by molar-refractivity contribution is 0.0787. The lowest BCUT2D eigenvalue weighted by atomic mass is 9.97. The van der Waals surface area contributed by atoms with Gasteiger partial charge in [-0.25, -0.2) is 14.1 Å². The van der Waals surface area contributed by atoms with E-state index in [9.17, 15) is 9.18 Å². The predicted octanol–water partition coefficient (Wildman–Crippen LogP) is 3.42. The molecular weight excluding hydrogens is 343 g/mol. The summed E-state index contributed by atoms with van der Waals surface area (Å²) in [6.45, 7) is 3.22. The van der Waals surface area contributed by atoms with E-state index in [-0.39, 0.29) is 11.7 Å². The van der Waals surface area contributed by atoms with Crippen LogP contribution in [-0.4, -0.2) is 38.7 Å². The number of hydrogen-bond acceptors (Lipinski definition) is 3. The topological polar surface area (TPSA) is 51.0 Å². The lowest BCUT2D eigenvalue weighted by Crippen LogP contribution is -2.30. The first-order chi connectivity index (χ1) is 13.1. The van der Waals surface area contributed by atoms with E-state index in [1.807, 2.05) is 41.3 Å². The minimum absolute atomic E-state index is 0.0129. The summed E-state index contributed by atoms with van der Waals surface area (Å²) < 4.78 is 15.1. The maximum absolute atomic E-state index is 13.5. The fourth-order valence-electron chi connectivity index (χ4n) is 3.71. The highest BCUT2D eigenvalue weighted by molar-refractivity contribution is 5.97. The number of amides is 1. The van der Waals surface area contributed by atoms with E-state index >= 15 is 0 Å². The van der Waals surface area contributed by atoms with Gasteiger partial charge in [0.1, 0.15) is 18.5 Å². The average molecular weight is 364 g/mol. The molecule has 1 saturated heterocycles. The van der Waals surface area contributed by atoms with Crippen LogP contribution in [0.3, 0.4) is 0 Å². The minimum Gasteiger partial charge on any atom is -0.338 e. The van der Waals surface area contributed by atoms with E-state index in [4.69, 9.17) is 0 Å². The van der Waals surface area contributed by atoms with Crippen LogP contribution in [0.25, 0.3) is 5.69 Å². The van der Waals surface area contributed by atoms with Crippen molar-refractivity contribution in [1.29, 1.82) is 0 Å². The summed E-state index contributed by atoms with van der Waals surface area (Å²) in [6.07, 6.45) is 4.86. The van der Waals surface area contributed by atoms with Crippen molar-refractivity contribution in [2.24, 2.45) is 5.92 Å². The number of para-hydroxylation sites is 1. The predicted molar refractivity (Wildman–Crippen MR) is 100 cm³/mol. The molecule has 1 fully saturated rings. The number of hydrogen-bond donors (Lipinski definition) is 0. The molecule has 0 N–H and O–H groups in total. The van der Waals surface area contributed by atoms with Gasteiger partial charge in [-0.15, -0.1) is 0 Å². The Morgan fingerprint density at radius 3 is 2.89 bits per heavy atom. The molecule has 0 aliphatic carbocycles. The Labute approximate surface area is 157 Å². The summed E-state index contributed by atoms with van der Waals surface area (Å²) in [7, 11) is 0. The smallest absolute Gasteiger partial charge is 0.256 e. The van der Waals surface area contributed by atoms with Crippen LogP contribution in [0, 0.1) is 18.7 Å². The highest BCUT2D eigenvalue weighted by Crippen LogP contribution is 2.25. The Kier molecular flexibility index (Phi) is 4.71. The van der Waals surface area contributed by atoms with E-state index in [0.29, 0.717) is 23.6 Å². The summed E-state index contributed by atoms with van der Waals surface area (Å²) in [5.41, 5.74) is 3.15. The van der Waals surface area contributed by atoms with Crippen LogP contribution >= 0.6 is 0 Å². The fourth-order valence-corrected chi connectivity index (χ4v) is 3.71. The summed E-state index contributed by atoms with van der Waals surface area (Å²) in [6, 6.07) is 12.7. The molecule has 2 heterocycles. The molecule has 0 saturated carbocycles. The molecule has 27 heavy (non-hydrogen) atoms. The highest BCUT2D eigenvalue weighted by atomic mass is 19.1. The van der Waals surface area contributed by atoms with Crippen molar-refractivity contribution < 1.29 is 9.18 Å². The van der Waals surface area contributed by atoms with Gasteiger partial charge in [0.05, 0.1) is 11.3 Å². The van der Waals surface area contributed by atoms with Gasteiger partial charge in [-0.05, 0) is 55.0 Å². The quantitative estimate of drug-likeness (QED) is 0.713. The monoisotopic (exact) mass is 364 g/mol. The van der Waals surface area contributed by atoms with Crippen LogP contribution in [0.5, 0.6) is 0 Å². The molecule has 0 radical (unpaired) electrons. The summed E-state index contributed by atoms with van der Waals surface area (Å²) in [4.78, 5) is 18.9. The van der Waals surface area contributed by atoms with Gasteiger partial charge in [-0.2, -0.15) is 5.10 Å².